The average Bonchev–Trinajstić information content (AvgIpc) is 2.41. The minimum atomic E-state index is 0.666. The summed E-state index contributed by atoms with van der Waals surface area (Å²) in [6, 6.07) is 6.67. The normalized spacial score (nSPS) is 16.9. The Hall–Kier alpha value is -1.29. The van der Waals surface area contributed by atoms with Gasteiger partial charge in [-0.2, -0.15) is 4.98 Å². The van der Waals surface area contributed by atoms with E-state index in [1.807, 2.05) is 19.1 Å². The maximum Gasteiger partial charge on any atom is 0.215 e. The molecule has 0 bridgehead atoms. The SMILES string of the molecule is CCNC1CCN(c2cccc(OCC)n2)CC1. The second-order valence-electron chi connectivity index (χ2n) is 4.59. The smallest absolute Gasteiger partial charge is 0.215 e. The number of rotatable bonds is 5. The molecule has 0 spiro atoms. The summed E-state index contributed by atoms with van der Waals surface area (Å²) >= 11 is 0. The van der Waals surface area contributed by atoms with Crippen LogP contribution in [0.25, 0.3) is 0 Å². The molecule has 4 heteroatoms. The number of hydrogen-bond donors (Lipinski definition) is 1. The Balaban J connectivity index is 1.94. The van der Waals surface area contributed by atoms with Crippen molar-refractivity contribution >= 4 is 5.82 Å². The molecular formula is C14H23N3O. The molecule has 100 valence electrons. The van der Waals surface area contributed by atoms with Crippen LogP contribution in [0.4, 0.5) is 5.82 Å². The zero-order valence-electron chi connectivity index (χ0n) is 11.4. The van der Waals surface area contributed by atoms with Gasteiger partial charge in [0.1, 0.15) is 5.82 Å². The van der Waals surface area contributed by atoms with Crippen molar-refractivity contribution in [1.82, 2.24) is 10.3 Å². The van der Waals surface area contributed by atoms with Crippen molar-refractivity contribution in [3.8, 4) is 5.88 Å². The van der Waals surface area contributed by atoms with E-state index in [9.17, 15) is 0 Å². The van der Waals surface area contributed by atoms with E-state index in [1.165, 1.54) is 12.8 Å². The van der Waals surface area contributed by atoms with Crippen molar-refractivity contribution in [2.75, 3.05) is 31.1 Å². The third-order valence-electron chi connectivity index (χ3n) is 3.31. The lowest BCUT2D eigenvalue weighted by molar-refractivity contribution is 0.326. The molecule has 1 fully saturated rings. The fourth-order valence-electron chi connectivity index (χ4n) is 2.41. The topological polar surface area (TPSA) is 37.4 Å². The Morgan fingerprint density at radius 3 is 2.78 bits per heavy atom. The Kier molecular flexibility index (Phi) is 4.81. The van der Waals surface area contributed by atoms with Gasteiger partial charge in [0, 0.05) is 25.2 Å². The molecule has 1 aliphatic rings. The first kappa shape index (κ1) is 13.1. The van der Waals surface area contributed by atoms with Crippen LogP contribution < -0.4 is 15.0 Å². The van der Waals surface area contributed by atoms with E-state index in [0.717, 1.165) is 31.3 Å². The van der Waals surface area contributed by atoms with Crippen molar-refractivity contribution in [3.63, 3.8) is 0 Å². The van der Waals surface area contributed by atoms with Crippen LogP contribution in [0.3, 0.4) is 0 Å². The lowest BCUT2D eigenvalue weighted by Gasteiger charge is -2.33. The summed E-state index contributed by atoms with van der Waals surface area (Å²) in [7, 11) is 0. The molecule has 0 atom stereocenters. The summed E-state index contributed by atoms with van der Waals surface area (Å²) in [5.41, 5.74) is 0. The van der Waals surface area contributed by atoms with Gasteiger partial charge in [-0.25, -0.2) is 0 Å². The van der Waals surface area contributed by atoms with Gasteiger partial charge in [-0.15, -0.1) is 0 Å². The van der Waals surface area contributed by atoms with Gasteiger partial charge < -0.3 is 15.0 Å². The molecule has 1 saturated heterocycles. The van der Waals surface area contributed by atoms with E-state index in [2.05, 4.69) is 28.2 Å². The van der Waals surface area contributed by atoms with Crippen LogP contribution in [0.5, 0.6) is 5.88 Å². The van der Waals surface area contributed by atoms with E-state index in [0.29, 0.717) is 12.6 Å². The third kappa shape index (κ3) is 3.35. The molecule has 2 heterocycles. The number of hydrogen-bond acceptors (Lipinski definition) is 4. The summed E-state index contributed by atoms with van der Waals surface area (Å²) in [5.74, 6) is 1.76. The predicted octanol–water partition coefficient (Wildman–Crippen LogP) is 2.06. The first-order valence-corrected chi connectivity index (χ1v) is 6.91. The van der Waals surface area contributed by atoms with Gasteiger partial charge in [0.2, 0.25) is 5.88 Å². The zero-order chi connectivity index (χ0) is 12.8. The Bertz CT molecular complexity index is 362. The number of aromatic nitrogens is 1. The summed E-state index contributed by atoms with van der Waals surface area (Å²) in [6.07, 6.45) is 2.38. The molecule has 0 radical (unpaired) electrons. The average molecular weight is 249 g/mol. The monoisotopic (exact) mass is 249 g/mol. The molecule has 0 amide bonds. The fraction of sp³-hybridized carbons (Fsp3) is 0.643. The molecule has 0 unspecified atom stereocenters. The van der Waals surface area contributed by atoms with Crippen LogP contribution in [0, 0.1) is 0 Å². The molecule has 2 rings (SSSR count). The molecule has 0 aromatic carbocycles. The standard InChI is InChI=1S/C14H23N3O/c1-3-15-12-8-10-17(11-9-12)13-6-5-7-14(16-13)18-4-2/h5-7,12,15H,3-4,8-11H2,1-2H3. The molecule has 1 aromatic heterocycles. The molecule has 1 N–H and O–H groups in total. The third-order valence-corrected chi connectivity index (χ3v) is 3.31. The fourth-order valence-corrected chi connectivity index (χ4v) is 2.41. The van der Waals surface area contributed by atoms with E-state index >= 15 is 0 Å². The van der Waals surface area contributed by atoms with E-state index in [-0.39, 0.29) is 0 Å². The van der Waals surface area contributed by atoms with Crippen LogP contribution >= 0.6 is 0 Å². The molecule has 0 aliphatic carbocycles. The minimum absolute atomic E-state index is 0.666. The largest absolute Gasteiger partial charge is 0.478 e. The van der Waals surface area contributed by atoms with Gasteiger partial charge in [0.25, 0.3) is 0 Å². The first-order chi connectivity index (χ1) is 8.83. The molecule has 0 saturated carbocycles. The van der Waals surface area contributed by atoms with Gasteiger partial charge in [-0.05, 0) is 32.4 Å². The number of anilines is 1. The second-order valence-corrected chi connectivity index (χ2v) is 4.59. The molecular weight excluding hydrogens is 226 g/mol. The number of nitrogens with zero attached hydrogens (tertiary/aromatic N) is 2. The van der Waals surface area contributed by atoms with E-state index in [4.69, 9.17) is 4.74 Å². The van der Waals surface area contributed by atoms with Gasteiger partial charge in [-0.3, -0.25) is 0 Å². The Morgan fingerprint density at radius 1 is 1.33 bits per heavy atom. The van der Waals surface area contributed by atoms with Crippen LogP contribution in [0.15, 0.2) is 18.2 Å². The maximum absolute atomic E-state index is 5.45. The lowest BCUT2D eigenvalue weighted by Crippen LogP contribution is -2.42. The summed E-state index contributed by atoms with van der Waals surface area (Å²) in [4.78, 5) is 6.88. The van der Waals surface area contributed by atoms with Gasteiger partial charge in [-0.1, -0.05) is 13.0 Å². The van der Waals surface area contributed by atoms with E-state index in [1.54, 1.807) is 0 Å². The maximum atomic E-state index is 5.45. The van der Waals surface area contributed by atoms with Crippen molar-refractivity contribution < 1.29 is 4.74 Å². The van der Waals surface area contributed by atoms with Gasteiger partial charge in [0.15, 0.2) is 0 Å². The predicted molar refractivity (Wildman–Crippen MR) is 74.3 cm³/mol. The molecule has 18 heavy (non-hydrogen) atoms. The Labute approximate surface area is 109 Å². The highest BCUT2D eigenvalue weighted by Gasteiger charge is 2.19. The highest BCUT2D eigenvalue weighted by molar-refractivity contribution is 5.41. The van der Waals surface area contributed by atoms with Crippen LogP contribution in [-0.2, 0) is 0 Å². The number of nitrogens with one attached hydrogen (secondary N) is 1. The van der Waals surface area contributed by atoms with Gasteiger partial charge in [0.05, 0.1) is 6.61 Å². The number of piperidine rings is 1. The minimum Gasteiger partial charge on any atom is -0.478 e. The van der Waals surface area contributed by atoms with Crippen LogP contribution in [0.2, 0.25) is 0 Å². The lowest BCUT2D eigenvalue weighted by atomic mass is 10.1. The Morgan fingerprint density at radius 2 is 2.11 bits per heavy atom. The second kappa shape index (κ2) is 6.59. The zero-order valence-corrected chi connectivity index (χ0v) is 11.4. The van der Waals surface area contributed by atoms with Crippen molar-refractivity contribution in [2.45, 2.75) is 32.7 Å². The van der Waals surface area contributed by atoms with Crippen LogP contribution in [-0.4, -0.2) is 37.3 Å². The first-order valence-electron chi connectivity index (χ1n) is 6.91. The van der Waals surface area contributed by atoms with Crippen molar-refractivity contribution in [3.05, 3.63) is 18.2 Å². The summed E-state index contributed by atoms with van der Waals surface area (Å²) in [6.45, 7) is 8.01. The number of ether oxygens (including phenoxy) is 1. The highest BCUT2D eigenvalue weighted by atomic mass is 16.5. The van der Waals surface area contributed by atoms with Crippen molar-refractivity contribution in [1.29, 1.82) is 0 Å². The van der Waals surface area contributed by atoms with E-state index < -0.39 is 0 Å². The van der Waals surface area contributed by atoms with Gasteiger partial charge >= 0.3 is 0 Å². The quantitative estimate of drug-likeness (QED) is 0.866. The molecule has 1 aromatic rings. The molecule has 1 aliphatic heterocycles. The highest BCUT2D eigenvalue weighted by Crippen LogP contribution is 2.20. The van der Waals surface area contributed by atoms with Crippen LogP contribution in [0.1, 0.15) is 26.7 Å². The summed E-state index contributed by atoms with van der Waals surface area (Å²) < 4.78 is 5.45. The van der Waals surface area contributed by atoms with Crippen molar-refractivity contribution in [2.24, 2.45) is 0 Å². The summed E-state index contributed by atoms with van der Waals surface area (Å²) in [5, 5.41) is 3.52. The number of pyridine rings is 1. The molecule has 4 nitrogen and oxygen atoms in total.